The van der Waals surface area contributed by atoms with E-state index in [1.807, 2.05) is 19.1 Å². The molecule has 0 radical (unpaired) electrons. The zero-order valence-corrected chi connectivity index (χ0v) is 13.2. The normalized spacial score (nSPS) is 12.0. The summed E-state index contributed by atoms with van der Waals surface area (Å²) in [6.07, 6.45) is 5.63. The lowest BCUT2D eigenvalue weighted by Gasteiger charge is -2.07. The van der Waals surface area contributed by atoms with Crippen LogP contribution in [0.2, 0.25) is 0 Å². The van der Waals surface area contributed by atoms with Crippen LogP contribution in [0, 0.1) is 0 Å². The summed E-state index contributed by atoms with van der Waals surface area (Å²) >= 11 is 0. The van der Waals surface area contributed by atoms with Crippen LogP contribution in [0.5, 0.6) is 5.75 Å². The maximum absolute atomic E-state index is 11.6. The Balaban J connectivity index is 2.04. The molecule has 0 saturated heterocycles. The van der Waals surface area contributed by atoms with Gasteiger partial charge in [-0.3, -0.25) is 4.79 Å². The molecule has 0 spiro atoms. The number of methoxy groups -OCH3 is 1. The van der Waals surface area contributed by atoms with Crippen LogP contribution in [0.15, 0.2) is 24.3 Å². The summed E-state index contributed by atoms with van der Waals surface area (Å²) in [6, 6.07) is 8.32. The molecule has 1 atom stereocenters. The number of nitrogens with two attached hydrogens (primary N) is 1. The van der Waals surface area contributed by atoms with Gasteiger partial charge in [-0.05, 0) is 50.3 Å². The minimum atomic E-state index is 0.139. The molecule has 3 N–H and O–H groups in total. The van der Waals surface area contributed by atoms with Crippen molar-refractivity contribution in [3.05, 3.63) is 29.8 Å². The summed E-state index contributed by atoms with van der Waals surface area (Å²) in [5.41, 5.74) is 6.95. The van der Waals surface area contributed by atoms with Crippen LogP contribution >= 0.6 is 0 Å². The summed E-state index contributed by atoms with van der Waals surface area (Å²) < 4.78 is 5.13. The summed E-state index contributed by atoms with van der Waals surface area (Å²) in [6.45, 7) is 2.63. The van der Waals surface area contributed by atoms with Gasteiger partial charge in [-0.25, -0.2) is 0 Å². The van der Waals surface area contributed by atoms with Gasteiger partial charge in [0.15, 0.2) is 0 Å². The van der Waals surface area contributed by atoms with E-state index in [-0.39, 0.29) is 11.9 Å². The second kappa shape index (κ2) is 10.2. The van der Waals surface area contributed by atoms with Gasteiger partial charge in [-0.1, -0.05) is 18.6 Å². The lowest BCUT2D eigenvalue weighted by Crippen LogP contribution is -2.28. The highest BCUT2D eigenvalue weighted by Crippen LogP contribution is 2.13. The average molecular weight is 292 g/mol. The van der Waals surface area contributed by atoms with Gasteiger partial charge in [-0.15, -0.1) is 0 Å². The van der Waals surface area contributed by atoms with Gasteiger partial charge in [-0.2, -0.15) is 0 Å². The first-order chi connectivity index (χ1) is 10.1. The fourth-order valence-corrected chi connectivity index (χ4v) is 2.11. The molecule has 0 aliphatic rings. The number of carbonyl (C=O) groups is 1. The van der Waals surface area contributed by atoms with Crippen molar-refractivity contribution in [2.75, 3.05) is 13.7 Å². The molecule has 21 heavy (non-hydrogen) atoms. The molecule has 4 nitrogen and oxygen atoms in total. The zero-order chi connectivity index (χ0) is 15.5. The molecule has 0 fully saturated rings. The van der Waals surface area contributed by atoms with Crippen molar-refractivity contribution in [3.63, 3.8) is 0 Å². The van der Waals surface area contributed by atoms with E-state index in [2.05, 4.69) is 17.4 Å². The Morgan fingerprint density at radius 2 is 1.95 bits per heavy atom. The molecule has 0 heterocycles. The van der Waals surface area contributed by atoms with Gasteiger partial charge in [0, 0.05) is 19.0 Å². The largest absolute Gasteiger partial charge is 0.497 e. The van der Waals surface area contributed by atoms with Gasteiger partial charge in [0.2, 0.25) is 5.91 Å². The first-order valence-electron chi connectivity index (χ1n) is 7.77. The van der Waals surface area contributed by atoms with Crippen LogP contribution in [0.1, 0.15) is 44.6 Å². The molecular weight excluding hydrogens is 264 g/mol. The topological polar surface area (TPSA) is 64.3 Å². The minimum Gasteiger partial charge on any atom is -0.497 e. The lowest BCUT2D eigenvalue weighted by atomic mass is 10.1. The van der Waals surface area contributed by atoms with Crippen molar-refractivity contribution < 1.29 is 9.53 Å². The quantitative estimate of drug-likeness (QED) is 0.652. The highest BCUT2D eigenvalue weighted by atomic mass is 16.5. The van der Waals surface area contributed by atoms with Crippen molar-refractivity contribution in [1.29, 1.82) is 0 Å². The van der Waals surface area contributed by atoms with Gasteiger partial charge < -0.3 is 15.8 Å². The third-order valence-electron chi connectivity index (χ3n) is 3.45. The molecule has 0 aliphatic carbocycles. The van der Waals surface area contributed by atoms with Gasteiger partial charge >= 0.3 is 0 Å². The van der Waals surface area contributed by atoms with Crippen LogP contribution in [0.25, 0.3) is 0 Å². The van der Waals surface area contributed by atoms with E-state index in [9.17, 15) is 4.79 Å². The number of unbranched alkanes of at least 4 members (excludes halogenated alkanes) is 2. The molecule has 1 rings (SSSR count). The Morgan fingerprint density at radius 1 is 1.24 bits per heavy atom. The summed E-state index contributed by atoms with van der Waals surface area (Å²) in [5, 5.41) is 2.90. The molecule has 0 aliphatic heterocycles. The highest BCUT2D eigenvalue weighted by Gasteiger charge is 2.02. The third kappa shape index (κ3) is 8.35. The number of hydrogen-bond acceptors (Lipinski definition) is 3. The van der Waals surface area contributed by atoms with E-state index in [1.54, 1.807) is 7.11 Å². The molecule has 1 amide bonds. The number of carbonyl (C=O) groups excluding carboxylic acids is 1. The summed E-state index contributed by atoms with van der Waals surface area (Å²) in [5.74, 6) is 1.03. The van der Waals surface area contributed by atoms with Crippen molar-refractivity contribution in [3.8, 4) is 5.75 Å². The van der Waals surface area contributed by atoms with Gasteiger partial charge in [0.05, 0.1) is 7.11 Å². The van der Waals surface area contributed by atoms with Crippen LogP contribution in [-0.4, -0.2) is 25.6 Å². The Hall–Kier alpha value is -1.55. The standard InChI is InChI=1S/C17H28N2O2/c1-14(18)12-13-19-17(20)7-5-3-4-6-15-8-10-16(21-2)11-9-15/h8-11,14H,3-7,12-13,18H2,1-2H3,(H,19,20). The second-order valence-electron chi connectivity index (χ2n) is 5.52. The first-order valence-corrected chi connectivity index (χ1v) is 7.77. The molecule has 118 valence electrons. The predicted molar refractivity (Wildman–Crippen MR) is 86.4 cm³/mol. The fraction of sp³-hybridized carbons (Fsp3) is 0.588. The van der Waals surface area contributed by atoms with E-state index < -0.39 is 0 Å². The predicted octanol–water partition coefficient (Wildman–Crippen LogP) is 2.65. The maximum Gasteiger partial charge on any atom is 0.219 e. The van der Waals surface area contributed by atoms with E-state index in [1.165, 1.54) is 5.56 Å². The number of nitrogens with one attached hydrogen (secondary N) is 1. The lowest BCUT2D eigenvalue weighted by molar-refractivity contribution is -0.121. The van der Waals surface area contributed by atoms with Gasteiger partial charge in [0.25, 0.3) is 0 Å². The zero-order valence-electron chi connectivity index (χ0n) is 13.2. The molecule has 0 aromatic heterocycles. The molecule has 0 saturated carbocycles. The number of rotatable bonds is 10. The molecule has 0 bridgehead atoms. The Bertz CT molecular complexity index is 402. The van der Waals surface area contributed by atoms with E-state index in [0.29, 0.717) is 13.0 Å². The van der Waals surface area contributed by atoms with Crippen molar-refractivity contribution >= 4 is 5.91 Å². The number of aryl methyl sites for hydroxylation is 1. The first kappa shape index (κ1) is 17.5. The maximum atomic E-state index is 11.6. The monoisotopic (exact) mass is 292 g/mol. The molecule has 1 aromatic carbocycles. The highest BCUT2D eigenvalue weighted by molar-refractivity contribution is 5.75. The number of hydrogen-bond donors (Lipinski definition) is 2. The fourth-order valence-electron chi connectivity index (χ4n) is 2.11. The van der Waals surface area contributed by atoms with E-state index >= 15 is 0 Å². The third-order valence-corrected chi connectivity index (χ3v) is 3.45. The Morgan fingerprint density at radius 3 is 2.57 bits per heavy atom. The van der Waals surface area contributed by atoms with E-state index in [0.717, 1.165) is 37.9 Å². The molecule has 1 unspecified atom stereocenters. The van der Waals surface area contributed by atoms with Crippen LogP contribution in [-0.2, 0) is 11.2 Å². The SMILES string of the molecule is COc1ccc(CCCCCC(=O)NCCC(C)N)cc1. The number of ether oxygens (including phenoxy) is 1. The molecule has 1 aromatic rings. The smallest absolute Gasteiger partial charge is 0.219 e. The number of amides is 1. The minimum absolute atomic E-state index is 0.139. The summed E-state index contributed by atoms with van der Waals surface area (Å²) in [7, 11) is 1.67. The Labute approximate surface area is 128 Å². The summed E-state index contributed by atoms with van der Waals surface area (Å²) in [4.78, 5) is 11.6. The van der Waals surface area contributed by atoms with Crippen molar-refractivity contribution in [2.24, 2.45) is 5.73 Å². The average Bonchev–Trinajstić information content (AvgIpc) is 2.47. The Kier molecular flexibility index (Phi) is 8.51. The molecule has 4 heteroatoms. The van der Waals surface area contributed by atoms with Crippen LogP contribution in [0.3, 0.4) is 0 Å². The van der Waals surface area contributed by atoms with Crippen molar-refractivity contribution in [1.82, 2.24) is 5.32 Å². The molecular formula is C17H28N2O2. The van der Waals surface area contributed by atoms with E-state index in [4.69, 9.17) is 10.5 Å². The van der Waals surface area contributed by atoms with Crippen LogP contribution < -0.4 is 15.8 Å². The second-order valence-corrected chi connectivity index (χ2v) is 5.52. The van der Waals surface area contributed by atoms with Crippen molar-refractivity contribution in [2.45, 2.75) is 51.5 Å². The number of benzene rings is 1. The van der Waals surface area contributed by atoms with Gasteiger partial charge in [0.1, 0.15) is 5.75 Å². The van der Waals surface area contributed by atoms with Crippen LogP contribution in [0.4, 0.5) is 0 Å².